The van der Waals surface area contributed by atoms with Crippen LogP contribution in [0.25, 0.3) is 0 Å². The fraction of sp³-hybridized carbons (Fsp3) is 0.524. The number of aryl methyl sites for hydroxylation is 1. The van der Waals surface area contributed by atoms with Gasteiger partial charge < -0.3 is 5.11 Å². The van der Waals surface area contributed by atoms with Crippen LogP contribution in [0.1, 0.15) is 32.8 Å². The number of rotatable bonds is 2. The molecule has 0 saturated carbocycles. The molecule has 1 aliphatic rings. The van der Waals surface area contributed by atoms with Crippen LogP contribution in [0.5, 0.6) is 5.75 Å². The zero-order valence-electron chi connectivity index (χ0n) is 18.4. The molecule has 0 heterocycles. The largest absolute Gasteiger partial charge is 0.508 e. The topological polar surface area (TPSA) is 20.2 Å². The summed E-state index contributed by atoms with van der Waals surface area (Å²) in [6.07, 6.45) is 8.82. The zero-order valence-corrected chi connectivity index (χ0v) is 23.6. The van der Waals surface area contributed by atoms with E-state index in [1.807, 2.05) is 19.1 Å². The van der Waals surface area contributed by atoms with Gasteiger partial charge in [0.1, 0.15) is 5.75 Å². The summed E-state index contributed by atoms with van der Waals surface area (Å²) < 4.78 is 0. The summed E-state index contributed by atoms with van der Waals surface area (Å²) in [5.74, 6) is 0.398. The maximum atomic E-state index is 9.65. The average molecular weight is 480 g/mol. The smallest absolute Gasteiger partial charge is 0.115 e. The van der Waals surface area contributed by atoms with E-state index < -0.39 is 16.1 Å². The molecule has 6 heteroatoms. The third kappa shape index (κ3) is 9.51. The fourth-order valence-corrected chi connectivity index (χ4v) is 5.69. The van der Waals surface area contributed by atoms with Crippen LogP contribution in [0, 0.1) is 13.0 Å². The van der Waals surface area contributed by atoms with Gasteiger partial charge in [0.2, 0.25) is 0 Å². The van der Waals surface area contributed by atoms with Crippen LogP contribution in [0.3, 0.4) is 0 Å². The molecule has 0 radical (unpaired) electrons. The first-order valence-corrected chi connectivity index (χ1v) is 15.3. The summed E-state index contributed by atoms with van der Waals surface area (Å²) in [6, 6.07) is 5.97. The van der Waals surface area contributed by atoms with E-state index in [1.54, 1.807) is 0 Å². The Morgan fingerprint density at radius 3 is 1.78 bits per heavy atom. The Bertz CT molecular complexity index is 622. The second-order valence-corrected chi connectivity index (χ2v) is 19.7. The summed E-state index contributed by atoms with van der Waals surface area (Å²) in [6.45, 7) is 20.7. The van der Waals surface area contributed by atoms with Gasteiger partial charge in [-0.1, -0.05) is 64.8 Å². The van der Waals surface area contributed by atoms with Gasteiger partial charge in [0.25, 0.3) is 0 Å². The first-order chi connectivity index (χ1) is 10.7. The maximum Gasteiger partial charge on any atom is 0.115 e. The Morgan fingerprint density at radius 2 is 1.48 bits per heavy atom. The number of halogens is 2. The molecule has 0 fully saturated rings. The second-order valence-electron chi connectivity index (χ2n) is 9.38. The van der Waals surface area contributed by atoms with Crippen molar-refractivity contribution >= 4 is 46.1 Å². The first kappa shape index (κ1) is 31.9. The summed E-state index contributed by atoms with van der Waals surface area (Å²) in [5.41, 5.74) is 1.15. The van der Waals surface area contributed by atoms with Gasteiger partial charge in [0.15, 0.2) is 0 Å². The molecule has 0 amide bonds. The van der Waals surface area contributed by atoms with E-state index >= 15 is 0 Å². The molecule has 0 aliphatic heterocycles. The van der Waals surface area contributed by atoms with Crippen molar-refractivity contribution in [1.82, 2.24) is 0 Å². The number of aromatic hydroxyl groups is 1. The molecule has 1 aromatic rings. The Morgan fingerprint density at radius 1 is 0.963 bits per heavy atom. The van der Waals surface area contributed by atoms with Crippen molar-refractivity contribution in [3.05, 3.63) is 47.2 Å². The van der Waals surface area contributed by atoms with E-state index in [4.69, 9.17) is 0 Å². The first-order valence-electron chi connectivity index (χ1n) is 8.84. The Hall–Kier alpha value is 0.228. The minimum Gasteiger partial charge on any atom is -0.508 e. The Balaban J connectivity index is -0.000000420. The van der Waals surface area contributed by atoms with E-state index in [0.717, 1.165) is 12.0 Å². The number of phenolic OH excluding ortho intramolecular Hbond substituents is 1. The second kappa shape index (κ2) is 12.0. The number of hydrogen-bond donors (Lipinski definition) is 1. The van der Waals surface area contributed by atoms with E-state index in [-0.39, 0.29) is 46.5 Å². The van der Waals surface area contributed by atoms with Gasteiger partial charge in [-0.15, -0.1) is 31.2 Å². The number of allylic oxidation sites excluding steroid dienone is 4. The van der Waals surface area contributed by atoms with Gasteiger partial charge in [-0.2, -0.15) is 6.08 Å². The third-order valence-electron chi connectivity index (χ3n) is 5.16. The number of phenols is 1. The van der Waals surface area contributed by atoms with Crippen LogP contribution < -0.4 is 5.19 Å². The van der Waals surface area contributed by atoms with E-state index in [2.05, 4.69) is 77.8 Å². The molecule has 0 aromatic heterocycles. The van der Waals surface area contributed by atoms with E-state index in [1.165, 1.54) is 10.4 Å². The Kier molecular flexibility index (Phi) is 14.2. The van der Waals surface area contributed by atoms with Crippen molar-refractivity contribution in [3.8, 4) is 5.75 Å². The van der Waals surface area contributed by atoms with Crippen molar-refractivity contribution in [3.63, 3.8) is 0 Å². The minimum atomic E-state index is -1.50. The number of benzene rings is 1. The molecule has 27 heavy (non-hydrogen) atoms. The van der Waals surface area contributed by atoms with Gasteiger partial charge in [-0.3, -0.25) is 6.08 Å². The molecular weight excluding hydrogens is 443 g/mol. The van der Waals surface area contributed by atoms with Crippen LogP contribution in [0.2, 0.25) is 37.8 Å². The normalized spacial score (nSPS) is 13.3. The SMILES string of the molecule is C[Si](C)(C)C1=[C-]CC=C1.Cc1cc(O)cc([Si](C)(C)C(C)(C)C)c1.Cl.Cl.[Ti]. The molecule has 1 aliphatic carbocycles. The summed E-state index contributed by atoms with van der Waals surface area (Å²) >= 11 is 0. The van der Waals surface area contributed by atoms with Crippen LogP contribution in [0.15, 0.2) is 35.5 Å². The summed E-state index contributed by atoms with van der Waals surface area (Å²) in [7, 11) is -2.51. The van der Waals surface area contributed by atoms with Crippen molar-refractivity contribution < 1.29 is 26.8 Å². The van der Waals surface area contributed by atoms with Crippen molar-refractivity contribution in [2.45, 2.75) is 71.9 Å². The standard InChI is InChI=1S/C13H22OSi.C8H13Si.2ClH.Ti/c1-10-7-11(14)9-12(8-10)15(5,6)13(2,3)4;1-9(2,3)8-6-4-5-7-8;;;/h7-9,14H,1-6H3;4,6H,5H2,1-3H3;2*1H;/q;-1;;;. The van der Waals surface area contributed by atoms with Gasteiger partial charge in [0.05, 0.1) is 8.07 Å². The molecular formula is C21H37Cl2OSi2Ti-. The Labute approximate surface area is 196 Å². The molecule has 154 valence electrons. The molecule has 0 unspecified atom stereocenters. The number of hydrogen-bond acceptors (Lipinski definition) is 1. The fourth-order valence-electron chi connectivity index (χ4n) is 2.48. The molecule has 0 atom stereocenters. The monoisotopic (exact) mass is 479 g/mol. The van der Waals surface area contributed by atoms with Crippen LogP contribution in [0.4, 0.5) is 0 Å². The van der Waals surface area contributed by atoms with Crippen molar-refractivity contribution in [2.75, 3.05) is 0 Å². The quantitative estimate of drug-likeness (QED) is 0.364. The zero-order chi connectivity index (χ0) is 18.8. The maximum absolute atomic E-state index is 9.65. The molecule has 0 spiro atoms. The predicted molar refractivity (Wildman–Crippen MR) is 128 cm³/mol. The summed E-state index contributed by atoms with van der Waals surface area (Å²) in [5, 5.41) is 12.8. The van der Waals surface area contributed by atoms with Gasteiger partial charge in [-0.05, 0) is 29.7 Å². The molecule has 1 nitrogen and oxygen atoms in total. The van der Waals surface area contributed by atoms with Gasteiger partial charge in [0, 0.05) is 29.8 Å². The molecule has 1 N–H and O–H groups in total. The molecule has 2 rings (SSSR count). The van der Waals surface area contributed by atoms with Crippen LogP contribution in [-0.4, -0.2) is 21.3 Å². The van der Waals surface area contributed by atoms with Gasteiger partial charge in [-0.25, -0.2) is 11.3 Å². The average Bonchev–Trinajstić information content (AvgIpc) is 2.90. The van der Waals surface area contributed by atoms with Crippen molar-refractivity contribution in [2.24, 2.45) is 0 Å². The summed E-state index contributed by atoms with van der Waals surface area (Å²) in [4.78, 5) is 0. The predicted octanol–water partition coefficient (Wildman–Crippen LogP) is 6.81. The molecule has 0 bridgehead atoms. The van der Waals surface area contributed by atoms with Crippen LogP contribution >= 0.6 is 24.8 Å². The molecule has 1 aromatic carbocycles. The van der Waals surface area contributed by atoms with E-state index in [9.17, 15) is 5.11 Å². The molecule has 0 saturated heterocycles. The van der Waals surface area contributed by atoms with E-state index in [0.29, 0.717) is 10.8 Å². The van der Waals surface area contributed by atoms with Crippen molar-refractivity contribution in [1.29, 1.82) is 0 Å². The van der Waals surface area contributed by atoms with Crippen LogP contribution in [-0.2, 0) is 21.7 Å². The van der Waals surface area contributed by atoms with Gasteiger partial charge >= 0.3 is 0 Å². The third-order valence-corrected chi connectivity index (χ3v) is 12.6. The minimum absolute atomic E-state index is 0.